The molecule has 0 aromatic heterocycles. The van der Waals surface area contributed by atoms with Crippen LogP contribution in [-0.4, -0.2) is 19.7 Å². The molecule has 1 aromatic carbocycles. The molecule has 5 heteroatoms. The average Bonchev–Trinajstić information content (AvgIpc) is 2.27. The van der Waals surface area contributed by atoms with Gasteiger partial charge in [-0.15, -0.1) is 0 Å². The quantitative estimate of drug-likeness (QED) is 0.434. The van der Waals surface area contributed by atoms with Crippen LogP contribution in [0.4, 0.5) is 4.39 Å². The van der Waals surface area contributed by atoms with E-state index in [0.717, 1.165) is 16.4 Å². The number of hydrogen-bond donors (Lipinski definition) is 1. The maximum absolute atomic E-state index is 13.1. The van der Waals surface area contributed by atoms with E-state index >= 15 is 0 Å². The fourth-order valence-electron chi connectivity index (χ4n) is 1.59. The summed E-state index contributed by atoms with van der Waals surface area (Å²) in [7, 11) is -2.15. The highest BCUT2D eigenvalue weighted by molar-refractivity contribution is 14.1. The van der Waals surface area contributed by atoms with E-state index in [4.69, 9.17) is 4.74 Å². The first kappa shape index (κ1) is 16.9. The van der Waals surface area contributed by atoms with Crippen LogP contribution in [0.5, 0.6) is 5.75 Å². The fourth-order valence-corrected chi connectivity index (χ4v) is 2.87. The monoisotopic (exact) mass is 396 g/mol. The summed E-state index contributed by atoms with van der Waals surface area (Å²) in [6.45, 7) is 8.68. The van der Waals surface area contributed by atoms with Gasteiger partial charge in [0.2, 0.25) is 0 Å². The maximum atomic E-state index is 13.1. The maximum Gasteiger partial charge on any atom is 0.188 e. The van der Waals surface area contributed by atoms with Crippen LogP contribution >= 0.6 is 22.6 Å². The minimum atomic E-state index is -2.15. The topological polar surface area (TPSA) is 29.5 Å². The van der Waals surface area contributed by atoms with Gasteiger partial charge in [-0.1, -0.05) is 13.8 Å². The zero-order valence-electron chi connectivity index (χ0n) is 12.0. The number of hydrogen-bond acceptors (Lipinski definition) is 2. The molecule has 1 N–H and O–H groups in total. The second-order valence-electron chi connectivity index (χ2n) is 5.97. The van der Waals surface area contributed by atoms with Crippen molar-refractivity contribution in [2.24, 2.45) is 0 Å². The van der Waals surface area contributed by atoms with E-state index in [1.165, 1.54) is 12.1 Å². The van der Waals surface area contributed by atoms with Crippen LogP contribution in [0.2, 0.25) is 18.1 Å². The van der Waals surface area contributed by atoms with Gasteiger partial charge in [0.1, 0.15) is 11.6 Å². The predicted molar refractivity (Wildman–Crippen MR) is 87.6 cm³/mol. The van der Waals surface area contributed by atoms with E-state index in [2.05, 4.69) is 36.4 Å². The van der Waals surface area contributed by atoms with Gasteiger partial charge in [-0.2, -0.15) is 0 Å². The van der Waals surface area contributed by atoms with Crippen molar-refractivity contribution in [3.05, 3.63) is 27.6 Å². The number of halogens is 2. The Kier molecular flexibility index (Phi) is 5.82. The molecule has 108 valence electrons. The largest absolute Gasteiger partial charge is 0.492 e. The minimum Gasteiger partial charge on any atom is -0.492 e. The SMILES string of the molecule is CC(C)(CCCOc1cc(F)ccc1I)[Si](C)(C)O. The van der Waals surface area contributed by atoms with Crippen molar-refractivity contribution in [3.8, 4) is 5.75 Å². The Morgan fingerprint density at radius 2 is 2.00 bits per heavy atom. The van der Waals surface area contributed by atoms with Gasteiger partial charge >= 0.3 is 0 Å². The van der Waals surface area contributed by atoms with Crippen molar-refractivity contribution in [1.82, 2.24) is 0 Å². The molecule has 0 aliphatic carbocycles. The molecule has 0 atom stereocenters. The average molecular weight is 396 g/mol. The molecule has 0 aliphatic heterocycles. The zero-order chi connectivity index (χ0) is 14.7. The number of benzene rings is 1. The molecule has 0 heterocycles. The summed E-state index contributed by atoms with van der Waals surface area (Å²) in [5, 5.41) is -0.0363. The van der Waals surface area contributed by atoms with Crippen molar-refractivity contribution in [1.29, 1.82) is 0 Å². The molecule has 1 rings (SSSR count). The Labute approximate surface area is 129 Å². The lowest BCUT2D eigenvalue weighted by Gasteiger charge is -2.35. The van der Waals surface area contributed by atoms with Crippen LogP contribution in [0.1, 0.15) is 26.7 Å². The normalized spacial score (nSPS) is 12.6. The summed E-state index contributed by atoms with van der Waals surface area (Å²) in [5.41, 5.74) is 0. The van der Waals surface area contributed by atoms with Gasteiger partial charge in [0.25, 0.3) is 0 Å². The number of rotatable bonds is 6. The summed E-state index contributed by atoms with van der Waals surface area (Å²) in [4.78, 5) is 10.2. The van der Waals surface area contributed by atoms with Crippen LogP contribution in [0.15, 0.2) is 18.2 Å². The van der Waals surface area contributed by atoms with Crippen LogP contribution in [0, 0.1) is 9.39 Å². The molecule has 1 aromatic rings. The smallest absolute Gasteiger partial charge is 0.188 e. The number of ether oxygens (including phenoxy) is 1. The summed E-state index contributed by atoms with van der Waals surface area (Å²) in [6.07, 6.45) is 1.77. The molecule has 0 saturated heterocycles. The minimum absolute atomic E-state index is 0.0363. The third kappa shape index (κ3) is 5.04. The molecule has 0 amide bonds. The van der Waals surface area contributed by atoms with E-state index in [1.54, 1.807) is 6.07 Å². The van der Waals surface area contributed by atoms with Crippen molar-refractivity contribution in [3.63, 3.8) is 0 Å². The van der Waals surface area contributed by atoms with Gasteiger partial charge < -0.3 is 9.53 Å². The van der Waals surface area contributed by atoms with Crippen LogP contribution in [-0.2, 0) is 0 Å². The Bertz CT molecular complexity index is 430. The van der Waals surface area contributed by atoms with E-state index in [1.807, 2.05) is 13.1 Å². The Hall–Kier alpha value is -0.143. The van der Waals surface area contributed by atoms with E-state index in [0.29, 0.717) is 12.4 Å². The third-order valence-corrected chi connectivity index (χ3v) is 8.21. The molecular weight excluding hydrogens is 374 g/mol. The summed E-state index contributed by atoms with van der Waals surface area (Å²) < 4.78 is 19.6. The van der Waals surface area contributed by atoms with Gasteiger partial charge in [0, 0.05) is 6.07 Å². The molecule has 0 saturated carbocycles. The first-order chi connectivity index (χ1) is 8.63. The summed E-state index contributed by atoms with van der Waals surface area (Å²) in [6, 6.07) is 4.55. The van der Waals surface area contributed by atoms with Crippen LogP contribution < -0.4 is 4.74 Å². The van der Waals surface area contributed by atoms with Gasteiger partial charge in [0.05, 0.1) is 10.2 Å². The van der Waals surface area contributed by atoms with E-state index in [-0.39, 0.29) is 10.9 Å². The van der Waals surface area contributed by atoms with Crippen molar-refractivity contribution in [2.75, 3.05) is 6.61 Å². The Morgan fingerprint density at radius 1 is 1.37 bits per heavy atom. The molecule has 19 heavy (non-hydrogen) atoms. The molecule has 0 unspecified atom stereocenters. The standard InChI is InChI=1S/C14H22FIO2Si/c1-14(2,19(3,4)17)8-5-9-18-13-10-11(15)6-7-12(13)16/h6-7,10,17H,5,8-9H2,1-4H3. The second-order valence-corrected chi connectivity index (χ2v) is 11.6. The predicted octanol–water partition coefficient (Wildman–Crippen LogP) is 4.57. The van der Waals surface area contributed by atoms with Gasteiger partial charge in [0.15, 0.2) is 8.32 Å². The highest BCUT2D eigenvalue weighted by atomic mass is 127. The van der Waals surface area contributed by atoms with Crippen molar-refractivity contribution in [2.45, 2.75) is 44.8 Å². The van der Waals surface area contributed by atoms with E-state index < -0.39 is 8.32 Å². The third-order valence-electron chi connectivity index (χ3n) is 3.75. The molecule has 0 bridgehead atoms. The lowest BCUT2D eigenvalue weighted by atomic mass is 10.1. The van der Waals surface area contributed by atoms with Crippen molar-refractivity contribution >= 4 is 30.9 Å². The highest BCUT2D eigenvalue weighted by Gasteiger charge is 2.37. The van der Waals surface area contributed by atoms with Gasteiger partial charge in [-0.05, 0) is 65.7 Å². The molecule has 0 fully saturated rings. The molecule has 0 radical (unpaired) electrons. The first-order valence-electron chi connectivity index (χ1n) is 6.44. The first-order valence-corrected chi connectivity index (χ1v) is 10.5. The highest BCUT2D eigenvalue weighted by Crippen LogP contribution is 2.39. The molecular formula is C14H22FIO2Si. The van der Waals surface area contributed by atoms with Gasteiger partial charge in [-0.25, -0.2) is 4.39 Å². The Morgan fingerprint density at radius 3 is 2.58 bits per heavy atom. The fraction of sp³-hybridized carbons (Fsp3) is 0.571. The van der Waals surface area contributed by atoms with Crippen LogP contribution in [0.3, 0.4) is 0 Å². The van der Waals surface area contributed by atoms with Gasteiger partial charge in [-0.3, -0.25) is 0 Å². The Balaban J connectivity index is 2.45. The summed E-state index contributed by atoms with van der Waals surface area (Å²) in [5.74, 6) is 0.318. The van der Waals surface area contributed by atoms with E-state index in [9.17, 15) is 9.19 Å². The molecule has 0 spiro atoms. The summed E-state index contributed by atoms with van der Waals surface area (Å²) >= 11 is 2.13. The lowest BCUT2D eigenvalue weighted by molar-refractivity contribution is 0.291. The lowest BCUT2D eigenvalue weighted by Crippen LogP contribution is -2.39. The molecule has 2 nitrogen and oxygen atoms in total. The van der Waals surface area contributed by atoms with Crippen molar-refractivity contribution < 1.29 is 13.9 Å². The second kappa shape index (κ2) is 6.54. The zero-order valence-corrected chi connectivity index (χ0v) is 15.1. The molecule has 0 aliphatic rings. The van der Waals surface area contributed by atoms with Crippen LogP contribution in [0.25, 0.3) is 0 Å².